The van der Waals surface area contributed by atoms with Crippen LogP contribution in [0.3, 0.4) is 0 Å². The molecule has 136 valence electrons. The summed E-state index contributed by atoms with van der Waals surface area (Å²) in [5.41, 5.74) is 0.772. The van der Waals surface area contributed by atoms with E-state index in [1.807, 2.05) is 0 Å². The number of halogens is 3. The molecule has 1 heterocycles. The van der Waals surface area contributed by atoms with Gasteiger partial charge in [-0.05, 0) is 35.9 Å². The summed E-state index contributed by atoms with van der Waals surface area (Å²) in [5.74, 6) is 0.338. The molecular weight excluding hydrogens is 368 g/mol. The van der Waals surface area contributed by atoms with Gasteiger partial charge in [-0.2, -0.15) is 8.78 Å². The topological polar surface area (TPSA) is 56.8 Å². The third-order valence-electron chi connectivity index (χ3n) is 3.41. The summed E-state index contributed by atoms with van der Waals surface area (Å²) in [4.78, 5) is 12.1. The van der Waals surface area contributed by atoms with Crippen molar-refractivity contribution < 1.29 is 27.8 Å². The monoisotopic (exact) mass is 381 g/mol. The highest BCUT2D eigenvalue weighted by Crippen LogP contribution is 2.38. The van der Waals surface area contributed by atoms with Gasteiger partial charge in [0.2, 0.25) is 5.91 Å². The Balaban J connectivity index is 1.72. The zero-order valence-corrected chi connectivity index (χ0v) is 14.1. The molecule has 0 spiro atoms. The molecule has 0 atom stereocenters. The zero-order valence-electron chi connectivity index (χ0n) is 13.4. The lowest BCUT2D eigenvalue weighted by molar-refractivity contribution is -0.111. The Morgan fingerprint density at radius 1 is 1.23 bits per heavy atom. The zero-order chi connectivity index (χ0) is 18.5. The first-order chi connectivity index (χ1) is 12.5. The second-order valence-electron chi connectivity index (χ2n) is 5.22. The van der Waals surface area contributed by atoms with E-state index in [1.54, 1.807) is 18.2 Å². The summed E-state index contributed by atoms with van der Waals surface area (Å²) in [5, 5.41) is 2.86. The minimum absolute atomic E-state index is 0.119. The summed E-state index contributed by atoms with van der Waals surface area (Å²) in [6.07, 6.45) is 2.77. The van der Waals surface area contributed by atoms with Crippen LogP contribution < -0.4 is 19.5 Å². The van der Waals surface area contributed by atoms with Gasteiger partial charge in [-0.1, -0.05) is 23.7 Å². The maximum Gasteiger partial charge on any atom is 0.387 e. The van der Waals surface area contributed by atoms with Crippen LogP contribution in [-0.2, 0) is 4.79 Å². The lowest BCUT2D eigenvalue weighted by Crippen LogP contribution is -2.15. The Kier molecular flexibility index (Phi) is 5.58. The van der Waals surface area contributed by atoms with Gasteiger partial charge in [-0.3, -0.25) is 4.79 Å². The molecule has 0 radical (unpaired) electrons. The summed E-state index contributed by atoms with van der Waals surface area (Å²) >= 11 is 6.13. The molecule has 0 saturated carbocycles. The number of nitrogens with one attached hydrogen (secondary N) is 1. The van der Waals surface area contributed by atoms with Crippen molar-refractivity contribution in [2.75, 3.05) is 18.5 Å². The van der Waals surface area contributed by atoms with E-state index in [9.17, 15) is 13.6 Å². The molecule has 3 rings (SSSR count). The molecule has 2 aromatic carbocycles. The van der Waals surface area contributed by atoms with Crippen LogP contribution in [0, 0.1) is 0 Å². The average Bonchev–Trinajstić information content (AvgIpc) is 2.61. The van der Waals surface area contributed by atoms with Crippen molar-refractivity contribution in [3.63, 3.8) is 0 Å². The summed E-state index contributed by atoms with van der Waals surface area (Å²) in [7, 11) is 0. The van der Waals surface area contributed by atoms with E-state index in [4.69, 9.17) is 21.1 Å². The Bertz CT molecular complexity index is 842. The Hall–Kier alpha value is -2.80. The minimum atomic E-state index is -2.98. The quantitative estimate of drug-likeness (QED) is 0.782. The molecule has 26 heavy (non-hydrogen) atoms. The predicted octanol–water partition coefficient (Wildman–Crippen LogP) is 4.36. The molecule has 0 aliphatic carbocycles. The smallest absolute Gasteiger partial charge is 0.387 e. The number of carbonyl (C=O) groups is 1. The van der Waals surface area contributed by atoms with Gasteiger partial charge in [0.15, 0.2) is 11.5 Å². The fourth-order valence-corrected chi connectivity index (χ4v) is 2.62. The molecule has 0 unspecified atom stereocenters. The maximum absolute atomic E-state index is 12.4. The number of hydrogen-bond donors (Lipinski definition) is 1. The van der Waals surface area contributed by atoms with Gasteiger partial charge in [0.05, 0.1) is 10.7 Å². The van der Waals surface area contributed by atoms with Gasteiger partial charge in [-0.25, -0.2) is 0 Å². The molecule has 2 aromatic rings. The third kappa shape index (κ3) is 4.43. The molecule has 5 nitrogen and oxygen atoms in total. The number of alkyl halides is 2. The molecular formula is C18H14ClF2NO4. The number of amides is 1. The predicted molar refractivity (Wildman–Crippen MR) is 93.2 cm³/mol. The van der Waals surface area contributed by atoms with E-state index >= 15 is 0 Å². The number of rotatable bonds is 5. The largest absolute Gasteiger partial charge is 0.486 e. The average molecular weight is 382 g/mol. The fourth-order valence-electron chi connectivity index (χ4n) is 2.34. The molecule has 1 aliphatic rings. The number of anilines is 1. The highest BCUT2D eigenvalue weighted by atomic mass is 35.5. The van der Waals surface area contributed by atoms with Gasteiger partial charge in [-0.15, -0.1) is 0 Å². The molecule has 0 bridgehead atoms. The lowest BCUT2D eigenvalue weighted by Gasteiger charge is -2.19. The van der Waals surface area contributed by atoms with Crippen LogP contribution in [-0.4, -0.2) is 25.7 Å². The molecule has 1 aliphatic heterocycles. The van der Waals surface area contributed by atoms with Crippen molar-refractivity contribution in [1.82, 2.24) is 0 Å². The normalized spacial score (nSPS) is 13.1. The first-order valence-electron chi connectivity index (χ1n) is 7.65. The van der Waals surface area contributed by atoms with Crippen LogP contribution in [0.15, 0.2) is 42.5 Å². The molecule has 0 aromatic heterocycles. The second-order valence-corrected chi connectivity index (χ2v) is 5.63. The number of para-hydroxylation sites is 2. The molecule has 1 N–H and O–H groups in total. The Morgan fingerprint density at radius 2 is 2.00 bits per heavy atom. The first-order valence-corrected chi connectivity index (χ1v) is 8.03. The van der Waals surface area contributed by atoms with Crippen molar-refractivity contribution in [1.29, 1.82) is 0 Å². The molecule has 8 heteroatoms. The number of benzene rings is 2. The van der Waals surface area contributed by atoms with Crippen molar-refractivity contribution in [3.8, 4) is 17.2 Å². The summed E-state index contributed by atoms with van der Waals surface area (Å²) < 4.78 is 40.1. The van der Waals surface area contributed by atoms with Crippen molar-refractivity contribution in [2.45, 2.75) is 6.61 Å². The number of hydrogen-bond acceptors (Lipinski definition) is 4. The highest BCUT2D eigenvalue weighted by molar-refractivity contribution is 6.32. The van der Waals surface area contributed by atoms with Crippen LogP contribution in [0.2, 0.25) is 5.02 Å². The van der Waals surface area contributed by atoms with Gasteiger partial charge in [0.1, 0.15) is 19.0 Å². The van der Waals surface area contributed by atoms with Gasteiger partial charge in [0.25, 0.3) is 0 Å². The second kappa shape index (κ2) is 8.05. The van der Waals surface area contributed by atoms with Gasteiger partial charge >= 0.3 is 6.61 Å². The number of carbonyl (C=O) groups excluding carboxylic acids is 1. The van der Waals surface area contributed by atoms with E-state index < -0.39 is 12.5 Å². The number of ether oxygens (including phenoxy) is 3. The van der Waals surface area contributed by atoms with E-state index in [-0.39, 0.29) is 11.4 Å². The van der Waals surface area contributed by atoms with Gasteiger partial charge < -0.3 is 19.5 Å². The Morgan fingerprint density at radius 3 is 2.81 bits per heavy atom. The fraction of sp³-hybridized carbons (Fsp3) is 0.167. The van der Waals surface area contributed by atoms with E-state index in [0.717, 1.165) is 0 Å². The van der Waals surface area contributed by atoms with E-state index in [0.29, 0.717) is 35.3 Å². The highest BCUT2D eigenvalue weighted by Gasteiger charge is 2.16. The maximum atomic E-state index is 12.4. The Labute approximate surface area is 153 Å². The molecule has 0 fully saturated rings. The van der Waals surface area contributed by atoms with Gasteiger partial charge in [0, 0.05) is 6.08 Å². The van der Waals surface area contributed by atoms with Crippen molar-refractivity contribution >= 4 is 29.3 Å². The molecule has 1 amide bonds. The standard InChI is InChI=1S/C18H14ClF2NO4/c19-12-9-11(10-15-17(12)25-8-7-24-15)5-6-16(23)22-13-3-1-2-4-14(13)26-18(20)21/h1-6,9-10,18H,7-8H2,(H,22,23)/b6-5+. The first kappa shape index (κ1) is 18.0. The van der Waals surface area contributed by atoms with Crippen LogP contribution in [0.25, 0.3) is 6.08 Å². The van der Waals surface area contributed by atoms with Crippen molar-refractivity contribution in [2.24, 2.45) is 0 Å². The van der Waals surface area contributed by atoms with E-state index in [2.05, 4.69) is 10.1 Å². The van der Waals surface area contributed by atoms with Crippen LogP contribution in [0.1, 0.15) is 5.56 Å². The summed E-state index contributed by atoms with van der Waals surface area (Å²) in [6, 6.07) is 9.25. The number of fused-ring (bicyclic) bond motifs is 1. The van der Waals surface area contributed by atoms with Crippen LogP contribution >= 0.6 is 11.6 Å². The van der Waals surface area contributed by atoms with Crippen LogP contribution in [0.4, 0.5) is 14.5 Å². The minimum Gasteiger partial charge on any atom is -0.486 e. The lowest BCUT2D eigenvalue weighted by atomic mass is 10.1. The third-order valence-corrected chi connectivity index (χ3v) is 3.69. The SMILES string of the molecule is O=C(/C=C/c1cc(Cl)c2c(c1)OCCO2)Nc1ccccc1OC(F)F. The van der Waals surface area contributed by atoms with Crippen molar-refractivity contribution in [3.05, 3.63) is 53.1 Å². The summed E-state index contributed by atoms with van der Waals surface area (Å²) in [6.45, 7) is -2.15. The van der Waals surface area contributed by atoms with E-state index in [1.165, 1.54) is 30.4 Å². The molecule has 0 saturated heterocycles. The van der Waals surface area contributed by atoms with Crippen LogP contribution in [0.5, 0.6) is 17.2 Å².